The van der Waals surface area contributed by atoms with Crippen molar-refractivity contribution in [2.24, 2.45) is 0 Å². The Labute approximate surface area is 87.3 Å². The average molecular weight is 201 g/mol. The van der Waals surface area contributed by atoms with Gasteiger partial charge in [0.05, 0.1) is 22.7 Å². The number of fused-ring (bicyclic) bond motifs is 1. The minimum atomic E-state index is 0.421. The summed E-state index contributed by atoms with van der Waals surface area (Å²) in [5.74, 6) is 0.421. The second-order valence-corrected chi connectivity index (χ2v) is 3.44. The number of rotatable bonds is 1. The van der Waals surface area contributed by atoms with E-state index in [9.17, 15) is 0 Å². The van der Waals surface area contributed by atoms with E-state index in [2.05, 4.69) is 11.1 Å². The minimum Gasteiger partial charge on any atom is -0.368 e. The molecule has 2 N–H and O–H groups in total. The van der Waals surface area contributed by atoms with Crippen molar-refractivity contribution in [1.29, 1.82) is 5.26 Å². The molecule has 5 nitrogen and oxygen atoms in total. The number of benzene rings is 1. The van der Waals surface area contributed by atoms with Crippen molar-refractivity contribution >= 4 is 17.0 Å². The lowest BCUT2D eigenvalue weighted by atomic mass is 10.2. The zero-order chi connectivity index (χ0) is 11.0. The summed E-state index contributed by atoms with van der Waals surface area (Å²) >= 11 is 0. The molecule has 0 aliphatic carbocycles. The number of nitrogen functional groups attached to an aromatic ring is 1. The van der Waals surface area contributed by atoms with Gasteiger partial charge in [-0.05, 0) is 18.2 Å². The van der Waals surface area contributed by atoms with Gasteiger partial charge in [0.2, 0.25) is 5.95 Å². The van der Waals surface area contributed by atoms with Gasteiger partial charge in [-0.3, -0.25) is 0 Å². The van der Waals surface area contributed by atoms with Crippen LogP contribution in [-0.4, -0.2) is 23.8 Å². The Morgan fingerprint density at radius 3 is 2.80 bits per heavy atom. The molecule has 0 aliphatic heterocycles. The minimum absolute atomic E-state index is 0.421. The summed E-state index contributed by atoms with van der Waals surface area (Å²) in [5, 5.41) is 10.6. The molecule has 0 saturated carbocycles. The molecular formula is C10H11N5. The number of hydrogen-bond acceptors (Lipinski definition) is 4. The van der Waals surface area contributed by atoms with E-state index in [1.165, 1.54) is 0 Å². The fraction of sp³-hybridized carbons (Fsp3) is 0.200. The Kier molecular flexibility index (Phi) is 1.97. The summed E-state index contributed by atoms with van der Waals surface area (Å²) in [6.45, 7) is 0. The van der Waals surface area contributed by atoms with E-state index in [0.717, 1.165) is 11.0 Å². The van der Waals surface area contributed by atoms with Crippen LogP contribution in [0.2, 0.25) is 0 Å². The summed E-state index contributed by atoms with van der Waals surface area (Å²) in [6, 6.07) is 7.40. The summed E-state index contributed by atoms with van der Waals surface area (Å²) < 4.78 is 1.76. The maximum absolute atomic E-state index is 8.81. The van der Waals surface area contributed by atoms with Crippen molar-refractivity contribution in [2.45, 2.75) is 0 Å². The fourth-order valence-electron chi connectivity index (χ4n) is 1.57. The van der Waals surface area contributed by atoms with Gasteiger partial charge in [0.25, 0.3) is 0 Å². The number of nitriles is 1. The van der Waals surface area contributed by atoms with Gasteiger partial charge >= 0.3 is 0 Å². The molecule has 0 fully saturated rings. The lowest BCUT2D eigenvalue weighted by molar-refractivity contribution is 0.765. The molecular weight excluding hydrogens is 190 g/mol. The number of nitrogens with two attached hydrogens (primary N) is 1. The van der Waals surface area contributed by atoms with Gasteiger partial charge in [0, 0.05) is 14.1 Å². The van der Waals surface area contributed by atoms with E-state index >= 15 is 0 Å². The second-order valence-electron chi connectivity index (χ2n) is 3.44. The molecule has 1 heterocycles. The topological polar surface area (TPSA) is 70.9 Å². The molecule has 15 heavy (non-hydrogen) atoms. The van der Waals surface area contributed by atoms with Crippen LogP contribution >= 0.6 is 0 Å². The molecule has 0 unspecified atom stereocenters. The first-order valence-electron chi connectivity index (χ1n) is 4.49. The Morgan fingerprint density at radius 1 is 1.47 bits per heavy atom. The van der Waals surface area contributed by atoms with Crippen LogP contribution in [0, 0.1) is 11.3 Å². The summed E-state index contributed by atoms with van der Waals surface area (Å²) in [4.78, 5) is 4.20. The van der Waals surface area contributed by atoms with Crippen molar-refractivity contribution in [3.8, 4) is 6.07 Å². The van der Waals surface area contributed by atoms with Gasteiger partial charge in [0.1, 0.15) is 0 Å². The van der Waals surface area contributed by atoms with Crippen LogP contribution in [0.3, 0.4) is 0 Å². The standard InChI is InChI=1S/C10H11N5/c1-14(2)15-9-5-7(6-11)3-4-8(9)13-10(15)12/h3-5H,1-2H3,(H2,12,13). The normalized spacial score (nSPS) is 10.2. The zero-order valence-corrected chi connectivity index (χ0v) is 8.60. The van der Waals surface area contributed by atoms with E-state index in [1.54, 1.807) is 22.9 Å². The van der Waals surface area contributed by atoms with E-state index in [-0.39, 0.29) is 0 Å². The Balaban J connectivity index is 2.79. The van der Waals surface area contributed by atoms with Gasteiger partial charge in [-0.15, -0.1) is 0 Å². The predicted octanol–water partition coefficient (Wildman–Crippen LogP) is 0.688. The summed E-state index contributed by atoms with van der Waals surface area (Å²) in [7, 11) is 3.74. The highest BCUT2D eigenvalue weighted by Crippen LogP contribution is 2.18. The quantitative estimate of drug-likeness (QED) is 0.736. The van der Waals surface area contributed by atoms with E-state index < -0.39 is 0 Å². The third-order valence-corrected chi connectivity index (χ3v) is 2.18. The highest BCUT2D eigenvalue weighted by atomic mass is 15.6. The van der Waals surface area contributed by atoms with Crippen LogP contribution < -0.4 is 10.7 Å². The highest BCUT2D eigenvalue weighted by molar-refractivity contribution is 5.80. The van der Waals surface area contributed by atoms with Gasteiger partial charge < -0.3 is 10.7 Å². The third kappa shape index (κ3) is 1.36. The molecule has 1 aromatic carbocycles. The van der Waals surface area contributed by atoms with Crippen molar-refractivity contribution in [1.82, 2.24) is 9.66 Å². The van der Waals surface area contributed by atoms with Gasteiger partial charge in [-0.2, -0.15) is 5.26 Å². The molecule has 0 amide bonds. The highest BCUT2D eigenvalue weighted by Gasteiger charge is 2.09. The fourth-order valence-corrected chi connectivity index (χ4v) is 1.57. The molecule has 1 aromatic heterocycles. The lowest BCUT2D eigenvalue weighted by Gasteiger charge is -2.15. The van der Waals surface area contributed by atoms with Crippen LogP contribution in [0.4, 0.5) is 5.95 Å². The van der Waals surface area contributed by atoms with Crippen molar-refractivity contribution < 1.29 is 0 Å². The number of hydrogen-bond donors (Lipinski definition) is 1. The maximum atomic E-state index is 8.81. The van der Waals surface area contributed by atoms with Crippen LogP contribution in [-0.2, 0) is 0 Å². The Hall–Kier alpha value is -2.22. The monoisotopic (exact) mass is 201 g/mol. The van der Waals surface area contributed by atoms with Crippen LogP contribution in [0.1, 0.15) is 5.56 Å². The van der Waals surface area contributed by atoms with Crippen molar-refractivity contribution in [2.75, 3.05) is 24.8 Å². The molecule has 0 radical (unpaired) electrons. The van der Waals surface area contributed by atoms with Crippen LogP contribution in [0.5, 0.6) is 0 Å². The zero-order valence-electron chi connectivity index (χ0n) is 8.60. The molecule has 5 heteroatoms. The van der Waals surface area contributed by atoms with Crippen LogP contribution in [0.15, 0.2) is 18.2 Å². The summed E-state index contributed by atoms with van der Waals surface area (Å²) in [6.07, 6.45) is 0. The smallest absolute Gasteiger partial charge is 0.220 e. The van der Waals surface area contributed by atoms with Gasteiger partial charge in [-0.1, -0.05) is 0 Å². The van der Waals surface area contributed by atoms with E-state index in [0.29, 0.717) is 11.5 Å². The molecule has 76 valence electrons. The Morgan fingerprint density at radius 2 is 2.20 bits per heavy atom. The molecule has 0 saturated heterocycles. The lowest BCUT2D eigenvalue weighted by Crippen LogP contribution is -2.26. The first kappa shape index (κ1) is 9.34. The largest absolute Gasteiger partial charge is 0.368 e. The van der Waals surface area contributed by atoms with E-state index in [4.69, 9.17) is 11.0 Å². The number of aromatic nitrogens is 2. The number of anilines is 1. The van der Waals surface area contributed by atoms with Gasteiger partial charge in [0.15, 0.2) is 0 Å². The van der Waals surface area contributed by atoms with Gasteiger partial charge in [-0.25, -0.2) is 9.66 Å². The molecule has 0 atom stereocenters. The maximum Gasteiger partial charge on any atom is 0.220 e. The SMILES string of the molecule is CN(C)n1c(N)nc2ccc(C#N)cc21. The first-order valence-corrected chi connectivity index (χ1v) is 4.49. The van der Waals surface area contributed by atoms with E-state index in [1.807, 2.05) is 19.1 Å². The predicted molar refractivity (Wildman–Crippen MR) is 58.9 cm³/mol. The summed E-state index contributed by atoms with van der Waals surface area (Å²) in [5.41, 5.74) is 8.01. The molecule has 2 aromatic rings. The molecule has 0 aliphatic rings. The third-order valence-electron chi connectivity index (χ3n) is 2.18. The van der Waals surface area contributed by atoms with Crippen molar-refractivity contribution in [3.05, 3.63) is 23.8 Å². The molecule has 0 spiro atoms. The second kappa shape index (κ2) is 3.17. The first-order chi connectivity index (χ1) is 7.13. The van der Waals surface area contributed by atoms with Crippen LogP contribution in [0.25, 0.3) is 11.0 Å². The average Bonchev–Trinajstić information content (AvgIpc) is 2.52. The van der Waals surface area contributed by atoms with Crippen molar-refractivity contribution in [3.63, 3.8) is 0 Å². The molecule has 0 bridgehead atoms. The Bertz CT molecular complexity index is 547. The molecule has 2 rings (SSSR count). The number of nitrogens with zero attached hydrogens (tertiary/aromatic N) is 4. The number of imidazole rings is 1.